The molecule has 0 heterocycles. The molecule has 0 bridgehead atoms. The molecule has 134 valence electrons. The lowest BCUT2D eigenvalue weighted by molar-refractivity contribution is -0.137. The maximum Gasteiger partial charge on any atom is 0.417 e. The Morgan fingerprint density at radius 3 is 2.40 bits per heavy atom. The topological polar surface area (TPSA) is 50.1 Å². The van der Waals surface area contributed by atoms with Crippen molar-refractivity contribution in [3.63, 3.8) is 0 Å². The molecule has 0 aliphatic carbocycles. The van der Waals surface area contributed by atoms with Crippen LogP contribution in [0.5, 0.6) is 0 Å². The number of alkyl halides is 3. The Kier molecular flexibility index (Phi) is 6.37. The zero-order valence-electron chi connectivity index (χ0n) is 13.2. The minimum Gasteiger partial charge on any atom is -0.387 e. The number of nitrogens with one attached hydrogen (secondary N) is 2. The zero-order valence-corrected chi connectivity index (χ0v) is 15.6. The van der Waals surface area contributed by atoms with Gasteiger partial charge < -0.3 is 16.4 Å². The molecule has 2 aromatic carbocycles. The third kappa shape index (κ3) is 4.90. The number of halogens is 5. The van der Waals surface area contributed by atoms with Gasteiger partial charge in [-0.1, -0.05) is 39.7 Å². The summed E-state index contributed by atoms with van der Waals surface area (Å²) < 4.78 is 39.1. The first kappa shape index (κ1) is 19.6. The van der Waals surface area contributed by atoms with Crippen LogP contribution in [0.1, 0.15) is 11.1 Å². The summed E-state index contributed by atoms with van der Waals surface area (Å²) in [6.07, 6.45) is -4.48. The number of nitrogens with two attached hydrogens (primary N) is 1. The standard InChI is InChI=1S/C17H16BrClF3N3/c1-24-16(14(18)9-23)10-3-2-4-11(7-10)25-12-5-6-13(15(19)8-12)17(20,21)22/h2-8,24-25H,9,23H2,1H3/b16-14+. The first-order valence-corrected chi connectivity index (χ1v) is 8.44. The second-order valence-corrected chi connectivity index (χ2v) is 6.50. The summed E-state index contributed by atoms with van der Waals surface area (Å²) in [6.45, 7) is 0.336. The summed E-state index contributed by atoms with van der Waals surface area (Å²) in [5.74, 6) is 0. The first-order chi connectivity index (χ1) is 11.8. The quantitative estimate of drug-likeness (QED) is 0.595. The highest BCUT2D eigenvalue weighted by Crippen LogP contribution is 2.36. The van der Waals surface area contributed by atoms with E-state index in [1.807, 2.05) is 18.2 Å². The number of hydrogen-bond acceptors (Lipinski definition) is 3. The largest absolute Gasteiger partial charge is 0.417 e. The number of anilines is 2. The average molecular weight is 435 g/mol. The lowest BCUT2D eigenvalue weighted by Crippen LogP contribution is -2.11. The van der Waals surface area contributed by atoms with Crippen molar-refractivity contribution >= 4 is 44.6 Å². The Balaban J connectivity index is 2.30. The third-order valence-corrected chi connectivity index (χ3v) is 4.45. The summed E-state index contributed by atoms with van der Waals surface area (Å²) in [6, 6.07) is 10.9. The molecule has 3 nitrogen and oxygen atoms in total. The molecule has 0 unspecified atom stereocenters. The number of benzene rings is 2. The minimum atomic E-state index is -4.48. The number of hydrogen-bond donors (Lipinski definition) is 3. The van der Waals surface area contributed by atoms with Crippen LogP contribution in [0, 0.1) is 0 Å². The van der Waals surface area contributed by atoms with Gasteiger partial charge in [0.25, 0.3) is 0 Å². The Labute approximate surface area is 157 Å². The Morgan fingerprint density at radius 2 is 1.84 bits per heavy atom. The molecule has 0 amide bonds. The lowest BCUT2D eigenvalue weighted by atomic mass is 10.1. The molecule has 2 rings (SSSR count). The summed E-state index contributed by atoms with van der Waals surface area (Å²) in [5.41, 5.74) is 7.66. The average Bonchev–Trinajstić information content (AvgIpc) is 2.54. The van der Waals surface area contributed by atoms with E-state index in [1.165, 1.54) is 12.1 Å². The molecule has 8 heteroatoms. The highest BCUT2D eigenvalue weighted by Gasteiger charge is 2.33. The SMILES string of the molecule is CN/C(=C(/Br)CN)c1cccc(Nc2ccc(C(F)(F)F)c(Cl)c2)c1. The maximum absolute atomic E-state index is 12.8. The van der Waals surface area contributed by atoms with Crippen molar-refractivity contribution in [3.8, 4) is 0 Å². The smallest absolute Gasteiger partial charge is 0.387 e. The fraction of sp³-hybridized carbons (Fsp3) is 0.176. The van der Waals surface area contributed by atoms with Crippen LogP contribution < -0.4 is 16.4 Å². The van der Waals surface area contributed by atoms with Crippen molar-refractivity contribution in [2.24, 2.45) is 5.73 Å². The molecule has 0 aliphatic heterocycles. The molecular formula is C17H16BrClF3N3. The normalized spacial score (nSPS) is 12.6. The predicted molar refractivity (Wildman–Crippen MR) is 100 cm³/mol. The van der Waals surface area contributed by atoms with Crippen LogP contribution in [-0.4, -0.2) is 13.6 Å². The van der Waals surface area contributed by atoms with Crippen LogP contribution in [0.15, 0.2) is 46.9 Å². The van der Waals surface area contributed by atoms with E-state index < -0.39 is 11.7 Å². The molecule has 4 N–H and O–H groups in total. The monoisotopic (exact) mass is 433 g/mol. The maximum atomic E-state index is 12.8. The summed E-state index contributed by atoms with van der Waals surface area (Å²) in [5, 5.41) is 5.77. The fourth-order valence-electron chi connectivity index (χ4n) is 2.28. The molecule has 0 aliphatic rings. The molecule has 0 radical (unpaired) electrons. The molecule has 0 atom stereocenters. The Morgan fingerprint density at radius 1 is 1.16 bits per heavy atom. The van der Waals surface area contributed by atoms with Gasteiger partial charge in [-0.2, -0.15) is 13.2 Å². The van der Waals surface area contributed by atoms with Crippen molar-refractivity contribution in [2.75, 3.05) is 18.9 Å². The van der Waals surface area contributed by atoms with Gasteiger partial charge in [-0.05, 0) is 30.3 Å². The van der Waals surface area contributed by atoms with Gasteiger partial charge in [-0.3, -0.25) is 0 Å². The van der Waals surface area contributed by atoms with E-state index in [-0.39, 0.29) is 5.02 Å². The van der Waals surface area contributed by atoms with Crippen LogP contribution >= 0.6 is 27.5 Å². The zero-order chi connectivity index (χ0) is 18.6. The highest BCUT2D eigenvalue weighted by atomic mass is 79.9. The van der Waals surface area contributed by atoms with Gasteiger partial charge in [0.1, 0.15) is 0 Å². The molecule has 0 spiro atoms. The molecule has 0 saturated carbocycles. The van der Waals surface area contributed by atoms with Gasteiger partial charge >= 0.3 is 6.18 Å². The van der Waals surface area contributed by atoms with E-state index in [9.17, 15) is 13.2 Å². The Bertz CT molecular complexity index is 791. The van der Waals surface area contributed by atoms with Crippen LogP contribution in [0.3, 0.4) is 0 Å². The van der Waals surface area contributed by atoms with Crippen molar-refractivity contribution in [1.29, 1.82) is 0 Å². The summed E-state index contributed by atoms with van der Waals surface area (Å²) >= 11 is 9.16. The molecular weight excluding hydrogens is 419 g/mol. The van der Waals surface area contributed by atoms with E-state index >= 15 is 0 Å². The summed E-state index contributed by atoms with van der Waals surface area (Å²) in [7, 11) is 1.78. The molecule has 25 heavy (non-hydrogen) atoms. The Hall–Kier alpha value is -1.70. The van der Waals surface area contributed by atoms with Crippen molar-refractivity contribution < 1.29 is 13.2 Å². The molecule has 0 aromatic heterocycles. The third-order valence-electron chi connectivity index (χ3n) is 3.41. The van der Waals surface area contributed by atoms with Gasteiger partial charge in [0.05, 0.1) is 16.3 Å². The van der Waals surface area contributed by atoms with Crippen LogP contribution in [0.25, 0.3) is 5.70 Å². The number of rotatable bonds is 5. The van der Waals surface area contributed by atoms with Crippen LogP contribution in [-0.2, 0) is 6.18 Å². The van der Waals surface area contributed by atoms with E-state index in [2.05, 4.69) is 26.6 Å². The van der Waals surface area contributed by atoms with Crippen molar-refractivity contribution in [2.45, 2.75) is 6.18 Å². The van der Waals surface area contributed by atoms with Gasteiger partial charge in [0.15, 0.2) is 0 Å². The van der Waals surface area contributed by atoms with E-state index in [0.29, 0.717) is 17.9 Å². The van der Waals surface area contributed by atoms with Gasteiger partial charge in [-0.15, -0.1) is 0 Å². The second-order valence-electron chi connectivity index (χ2n) is 5.13. The van der Waals surface area contributed by atoms with Gasteiger partial charge in [0, 0.05) is 35.0 Å². The van der Waals surface area contributed by atoms with Gasteiger partial charge in [-0.25, -0.2) is 0 Å². The van der Waals surface area contributed by atoms with E-state index in [0.717, 1.165) is 21.8 Å². The summed E-state index contributed by atoms with van der Waals surface area (Å²) in [4.78, 5) is 0. The van der Waals surface area contributed by atoms with Gasteiger partial charge in [0.2, 0.25) is 0 Å². The first-order valence-electron chi connectivity index (χ1n) is 7.27. The molecule has 0 saturated heterocycles. The second kappa shape index (κ2) is 8.12. The van der Waals surface area contributed by atoms with Crippen LogP contribution in [0.4, 0.5) is 24.5 Å². The van der Waals surface area contributed by atoms with Crippen molar-refractivity contribution in [1.82, 2.24) is 5.32 Å². The molecule has 2 aromatic rings. The van der Waals surface area contributed by atoms with E-state index in [1.54, 1.807) is 13.1 Å². The van der Waals surface area contributed by atoms with Crippen LogP contribution in [0.2, 0.25) is 5.02 Å². The fourth-order valence-corrected chi connectivity index (χ4v) is 3.00. The van der Waals surface area contributed by atoms with Crippen molar-refractivity contribution in [3.05, 3.63) is 63.1 Å². The minimum absolute atomic E-state index is 0.336. The lowest BCUT2D eigenvalue weighted by Gasteiger charge is -2.14. The highest BCUT2D eigenvalue weighted by molar-refractivity contribution is 9.11. The molecule has 0 fully saturated rings. The predicted octanol–water partition coefficient (Wildman–Crippen LogP) is 5.34. The van der Waals surface area contributed by atoms with E-state index in [4.69, 9.17) is 17.3 Å².